The SMILES string of the molecule is COCCCN(CCOC)S(=O)(=O)c1cc(N)ccc1F. The summed E-state index contributed by atoms with van der Waals surface area (Å²) < 4.78 is 49.9. The van der Waals surface area contributed by atoms with Crippen LogP contribution in [-0.2, 0) is 19.5 Å². The van der Waals surface area contributed by atoms with Gasteiger partial charge in [-0.1, -0.05) is 0 Å². The molecule has 1 rings (SSSR count). The maximum atomic E-state index is 13.8. The third-order valence-electron chi connectivity index (χ3n) is 2.87. The molecular weight excluding hydrogens is 299 g/mol. The Labute approximate surface area is 124 Å². The van der Waals surface area contributed by atoms with E-state index in [1.807, 2.05) is 0 Å². The molecule has 0 saturated heterocycles. The van der Waals surface area contributed by atoms with Gasteiger partial charge in [0.05, 0.1) is 6.61 Å². The molecule has 0 aliphatic carbocycles. The predicted molar refractivity (Wildman–Crippen MR) is 77.9 cm³/mol. The number of ether oxygens (including phenoxy) is 2. The van der Waals surface area contributed by atoms with Crippen LogP contribution in [0.25, 0.3) is 0 Å². The summed E-state index contributed by atoms with van der Waals surface area (Å²) in [5, 5.41) is 0. The van der Waals surface area contributed by atoms with Gasteiger partial charge in [0.15, 0.2) is 0 Å². The van der Waals surface area contributed by atoms with E-state index in [-0.39, 0.29) is 25.4 Å². The Hall–Kier alpha value is -1.22. The van der Waals surface area contributed by atoms with Gasteiger partial charge >= 0.3 is 0 Å². The molecule has 0 aliphatic rings. The molecule has 1 aromatic rings. The summed E-state index contributed by atoms with van der Waals surface area (Å²) in [6.45, 7) is 0.985. The van der Waals surface area contributed by atoms with Crippen LogP contribution in [-0.4, -0.2) is 53.2 Å². The molecule has 8 heteroatoms. The van der Waals surface area contributed by atoms with E-state index in [9.17, 15) is 12.8 Å². The minimum Gasteiger partial charge on any atom is -0.399 e. The monoisotopic (exact) mass is 320 g/mol. The number of nitrogens with zero attached hydrogens (tertiary/aromatic N) is 1. The minimum atomic E-state index is -3.96. The van der Waals surface area contributed by atoms with Crippen molar-refractivity contribution in [1.29, 1.82) is 0 Å². The van der Waals surface area contributed by atoms with Crippen LogP contribution in [0.3, 0.4) is 0 Å². The van der Waals surface area contributed by atoms with Crippen LogP contribution in [0.2, 0.25) is 0 Å². The average molecular weight is 320 g/mol. The number of halogens is 1. The summed E-state index contributed by atoms with van der Waals surface area (Å²) in [6, 6.07) is 3.49. The van der Waals surface area contributed by atoms with Gasteiger partial charge in [-0.2, -0.15) is 4.31 Å². The molecule has 6 nitrogen and oxygen atoms in total. The lowest BCUT2D eigenvalue weighted by atomic mass is 10.3. The lowest BCUT2D eigenvalue weighted by Crippen LogP contribution is -2.35. The molecule has 21 heavy (non-hydrogen) atoms. The van der Waals surface area contributed by atoms with E-state index in [0.29, 0.717) is 13.0 Å². The Balaban J connectivity index is 3.04. The van der Waals surface area contributed by atoms with E-state index >= 15 is 0 Å². The molecule has 1 aromatic carbocycles. The Kier molecular flexibility index (Phi) is 7.03. The molecule has 2 N–H and O–H groups in total. The first kappa shape index (κ1) is 17.8. The number of nitrogens with two attached hydrogens (primary N) is 1. The molecule has 120 valence electrons. The van der Waals surface area contributed by atoms with Crippen molar-refractivity contribution < 1.29 is 22.3 Å². The van der Waals surface area contributed by atoms with E-state index in [0.717, 1.165) is 12.1 Å². The first-order chi connectivity index (χ1) is 9.93. The zero-order chi connectivity index (χ0) is 15.9. The number of methoxy groups -OCH3 is 2. The van der Waals surface area contributed by atoms with Gasteiger partial charge in [-0.05, 0) is 24.6 Å². The number of anilines is 1. The third-order valence-corrected chi connectivity index (χ3v) is 4.79. The number of hydrogen-bond acceptors (Lipinski definition) is 5. The second-order valence-corrected chi connectivity index (χ2v) is 6.34. The van der Waals surface area contributed by atoms with Gasteiger partial charge in [-0.15, -0.1) is 0 Å². The highest BCUT2D eigenvalue weighted by molar-refractivity contribution is 7.89. The van der Waals surface area contributed by atoms with E-state index in [4.69, 9.17) is 15.2 Å². The van der Waals surface area contributed by atoms with Crippen molar-refractivity contribution in [1.82, 2.24) is 4.31 Å². The van der Waals surface area contributed by atoms with Crippen molar-refractivity contribution in [2.24, 2.45) is 0 Å². The van der Waals surface area contributed by atoms with Gasteiger partial charge in [0, 0.05) is 39.6 Å². The van der Waals surface area contributed by atoms with Crippen LogP contribution >= 0.6 is 0 Å². The summed E-state index contributed by atoms with van der Waals surface area (Å²) in [6.07, 6.45) is 0.503. The molecule has 0 unspecified atom stereocenters. The summed E-state index contributed by atoms with van der Waals surface area (Å²) in [7, 11) is -0.958. The fourth-order valence-electron chi connectivity index (χ4n) is 1.79. The molecule has 0 saturated carbocycles. The zero-order valence-electron chi connectivity index (χ0n) is 12.2. The van der Waals surface area contributed by atoms with Gasteiger partial charge in [-0.25, -0.2) is 12.8 Å². The van der Waals surface area contributed by atoms with Crippen LogP contribution in [0.5, 0.6) is 0 Å². The molecule has 0 radical (unpaired) electrons. The third kappa shape index (κ3) is 4.92. The first-order valence-electron chi connectivity index (χ1n) is 6.46. The summed E-state index contributed by atoms with van der Waals surface area (Å²) in [5.41, 5.74) is 5.74. The fraction of sp³-hybridized carbons (Fsp3) is 0.538. The summed E-state index contributed by atoms with van der Waals surface area (Å²) in [5.74, 6) is -0.821. The van der Waals surface area contributed by atoms with E-state index < -0.39 is 20.7 Å². The Bertz CT molecular complexity index is 551. The Morgan fingerprint density at radius 1 is 1.19 bits per heavy atom. The number of sulfonamides is 1. The van der Waals surface area contributed by atoms with Crippen LogP contribution in [0, 0.1) is 5.82 Å². The molecule has 0 aromatic heterocycles. The molecule has 0 spiro atoms. The van der Waals surface area contributed by atoms with Crippen molar-refractivity contribution in [3.63, 3.8) is 0 Å². The lowest BCUT2D eigenvalue weighted by Gasteiger charge is -2.22. The molecule has 0 heterocycles. The van der Waals surface area contributed by atoms with Gasteiger partial charge in [0.2, 0.25) is 10.0 Å². The van der Waals surface area contributed by atoms with Crippen LogP contribution in [0.15, 0.2) is 23.1 Å². The maximum Gasteiger partial charge on any atom is 0.246 e. The Morgan fingerprint density at radius 3 is 2.48 bits per heavy atom. The van der Waals surface area contributed by atoms with Crippen LogP contribution < -0.4 is 5.73 Å². The normalized spacial score (nSPS) is 12.0. The minimum absolute atomic E-state index is 0.136. The zero-order valence-corrected chi connectivity index (χ0v) is 13.0. The average Bonchev–Trinajstić information content (AvgIpc) is 2.45. The second-order valence-electron chi connectivity index (χ2n) is 4.43. The second kappa shape index (κ2) is 8.28. The van der Waals surface area contributed by atoms with Crippen molar-refractivity contribution in [3.8, 4) is 0 Å². The largest absolute Gasteiger partial charge is 0.399 e. The molecule has 0 aliphatic heterocycles. The number of rotatable bonds is 9. The number of nitrogen functional groups attached to an aromatic ring is 1. The first-order valence-corrected chi connectivity index (χ1v) is 7.90. The number of hydrogen-bond donors (Lipinski definition) is 1. The topological polar surface area (TPSA) is 81.9 Å². The van der Waals surface area contributed by atoms with Gasteiger partial charge < -0.3 is 15.2 Å². The van der Waals surface area contributed by atoms with Crippen molar-refractivity contribution in [2.75, 3.05) is 46.3 Å². The highest BCUT2D eigenvalue weighted by Crippen LogP contribution is 2.22. The van der Waals surface area contributed by atoms with E-state index in [1.165, 1.54) is 24.6 Å². The Morgan fingerprint density at radius 2 is 1.86 bits per heavy atom. The molecule has 0 bridgehead atoms. The molecule has 0 fully saturated rings. The highest BCUT2D eigenvalue weighted by Gasteiger charge is 2.27. The van der Waals surface area contributed by atoms with Crippen molar-refractivity contribution >= 4 is 15.7 Å². The van der Waals surface area contributed by atoms with Gasteiger partial charge in [0.1, 0.15) is 10.7 Å². The van der Waals surface area contributed by atoms with Crippen LogP contribution in [0.1, 0.15) is 6.42 Å². The number of benzene rings is 1. The fourth-order valence-corrected chi connectivity index (χ4v) is 3.35. The van der Waals surface area contributed by atoms with E-state index in [2.05, 4.69) is 0 Å². The molecule has 0 atom stereocenters. The summed E-state index contributed by atoms with van der Waals surface area (Å²) >= 11 is 0. The maximum absolute atomic E-state index is 13.8. The van der Waals surface area contributed by atoms with Gasteiger partial charge in [-0.3, -0.25) is 0 Å². The molecular formula is C13H21FN2O4S. The smallest absolute Gasteiger partial charge is 0.246 e. The quantitative estimate of drug-likeness (QED) is 0.544. The summed E-state index contributed by atoms with van der Waals surface area (Å²) in [4.78, 5) is -0.420. The van der Waals surface area contributed by atoms with Crippen molar-refractivity contribution in [3.05, 3.63) is 24.0 Å². The predicted octanol–water partition coefficient (Wildman–Crippen LogP) is 1.08. The molecule has 0 amide bonds. The van der Waals surface area contributed by atoms with Crippen molar-refractivity contribution in [2.45, 2.75) is 11.3 Å². The van der Waals surface area contributed by atoms with Gasteiger partial charge in [0.25, 0.3) is 0 Å². The lowest BCUT2D eigenvalue weighted by molar-refractivity contribution is 0.164. The highest BCUT2D eigenvalue weighted by atomic mass is 32.2. The van der Waals surface area contributed by atoms with E-state index in [1.54, 1.807) is 0 Å². The standard InChI is InChI=1S/C13H21FN2O4S/c1-19-8-3-6-16(7-9-20-2)21(17,18)13-10-11(15)4-5-12(13)14/h4-5,10H,3,6-9,15H2,1-2H3. The van der Waals surface area contributed by atoms with Crippen LogP contribution in [0.4, 0.5) is 10.1 Å².